The van der Waals surface area contributed by atoms with Crippen LogP contribution in [0, 0.1) is 17.5 Å². The van der Waals surface area contributed by atoms with Crippen molar-refractivity contribution in [3.05, 3.63) is 70.8 Å². The first-order chi connectivity index (χ1) is 14.9. The Balaban J connectivity index is 1.53. The zero-order valence-corrected chi connectivity index (χ0v) is 16.7. The smallest absolute Gasteiger partial charge is 0.224 e. The van der Waals surface area contributed by atoms with Gasteiger partial charge >= 0.3 is 0 Å². The predicted molar refractivity (Wildman–Crippen MR) is 105 cm³/mol. The normalized spacial score (nSPS) is 13.9. The number of methoxy groups -OCH3 is 1. The van der Waals surface area contributed by atoms with Gasteiger partial charge in [0.05, 0.1) is 31.2 Å². The minimum absolute atomic E-state index is 0.0765. The summed E-state index contributed by atoms with van der Waals surface area (Å²) in [4.78, 5) is 14.6. The number of nitrogens with two attached hydrogens (primary N) is 1. The van der Waals surface area contributed by atoms with E-state index in [0.717, 1.165) is 23.0 Å². The van der Waals surface area contributed by atoms with Crippen molar-refractivity contribution in [1.82, 2.24) is 19.9 Å². The van der Waals surface area contributed by atoms with Crippen LogP contribution in [0.1, 0.15) is 23.2 Å². The lowest BCUT2D eigenvalue weighted by atomic mass is 10.0. The van der Waals surface area contributed by atoms with Gasteiger partial charge in [0, 0.05) is 30.6 Å². The van der Waals surface area contributed by atoms with E-state index in [4.69, 9.17) is 10.5 Å². The Bertz CT molecular complexity index is 1130. The van der Waals surface area contributed by atoms with Crippen LogP contribution >= 0.6 is 0 Å². The van der Waals surface area contributed by atoms with Gasteiger partial charge in [-0.05, 0) is 36.2 Å². The molecule has 0 saturated carbocycles. The summed E-state index contributed by atoms with van der Waals surface area (Å²) in [5.41, 5.74) is 8.29. The van der Waals surface area contributed by atoms with Crippen LogP contribution in [0.2, 0.25) is 0 Å². The van der Waals surface area contributed by atoms with Crippen LogP contribution in [0.3, 0.4) is 0 Å². The van der Waals surface area contributed by atoms with Crippen molar-refractivity contribution in [1.29, 1.82) is 0 Å². The van der Waals surface area contributed by atoms with E-state index in [1.54, 1.807) is 29.0 Å². The Kier molecular flexibility index (Phi) is 5.64. The van der Waals surface area contributed by atoms with Crippen molar-refractivity contribution in [3.8, 4) is 11.4 Å². The summed E-state index contributed by atoms with van der Waals surface area (Å²) in [6.45, 7) is 0.552. The lowest BCUT2D eigenvalue weighted by Gasteiger charge is -2.23. The van der Waals surface area contributed by atoms with Gasteiger partial charge in [0.1, 0.15) is 11.6 Å². The van der Waals surface area contributed by atoms with Gasteiger partial charge in [0.25, 0.3) is 0 Å². The number of carbonyl (C=O) groups is 1. The number of benzene rings is 2. The Morgan fingerprint density at radius 2 is 1.94 bits per heavy atom. The Morgan fingerprint density at radius 3 is 2.71 bits per heavy atom. The molecule has 1 aliphatic rings. The lowest BCUT2D eigenvalue weighted by molar-refractivity contribution is -0.132. The van der Waals surface area contributed by atoms with Gasteiger partial charge in [-0.2, -0.15) is 0 Å². The number of rotatable bonds is 5. The van der Waals surface area contributed by atoms with Crippen molar-refractivity contribution in [2.75, 3.05) is 7.11 Å². The number of halogens is 3. The SMILES string of the molecule is COc1ccc2c(c1)CN(C(=O)C[C@H](N)Cc1cc(F)c(F)cc1F)Cc1cnnn1-2. The van der Waals surface area contributed by atoms with Gasteiger partial charge in [0.2, 0.25) is 5.91 Å². The highest BCUT2D eigenvalue weighted by Crippen LogP contribution is 2.27. The molecule has 0 spiro atoms. The molecule has 0 saturated heterocycles. The van der Waals surface area contributed by atoms with Gasteiger partial charge in [0.15, 0.2) is 11.6 Å². The van der Waals surface area contributed by atoms with E-state index in [9.17, 15) is 18.0 Å². The number of carbonyl (C=O) groups excluding carboxylic acids is 1. The first-order valence-electron chi connectivity index (χ1n) is 9.59. The number of hydrogen-bond donors (Lipinski definition) is 1. The molecule has 0 bridgehead atoms. The number of aromatic nitrogens is 3. The number of hydrogen-bond acceptors (Lipinski definition) is 5. The number of amides is 1. The highest BCUT2D eigenvalue weighted by molar-refractivity contribution is 5.77. The maximum absolute atomic E-state index is 13.9. The Hall–Kier alpha value is -3.40. The van der Waals surface area contributed by atoms with E-state index >= 15 is 0 Å². The molecule has 4 rings (SSSR count). The maximum atomic E-state index is 13.9. The fourth-order valence-electron chi connectivity index (χ4n) is 3.65. The molecule has 1 atom stereocenters. The second-order valence-electron chi connectivity index (χ2n) is 7.41. The largest absolute Gasteiger partial charge is 0.497 e. The summed E-state index contributed by atoms with van der Waals surface area (Å²) in [7, 11) is 1.55. The van der Waals surface area contributed by atoms with Crippen molar-refractivity contribution in [2.24, 2.45) is 5.73 Å². The fourth-order valence-corrected chi connectivity index (χ4v) is 3.65. The number of fused-ring (bicyclic) bond motifs is 3. The average Bonchev–Trinajstić information content (AvgIpc) is 3.13. The van der Waals surface area contributed by atoms with E-state index < -0.39 is 23.5 Å². The molecule has 1 amide bonds. The van der Waals surface area contributed by atoms with E-state index in [0.29, 0.717) is 18.4 Å². The van der Waals surface area contributed by atoms with Crippen molar-refractivity contribution in [3.63, 3.8) is 0 Å². The van der Waals surface area contributed by atoms with Crippen molar-refractivity contribution in [2.45, 2.75) is 32.0 Å². The van der Waals surface area contributed by atoms with Crippen LogP contribution in [0.5, 0.6) is 5.75 Å². The van der Waals surface area contributed by atoms with Crippen LogP contribution in [0.15, 0.2) is 36.5 Å². The molecule has 2 aromatic carbocycles. The molecule has 2 N–H and O–H groups in total. The molecule has 1 aliphatic heterocycles. The topological polar surface area (TPSA) is 86.3 Å². The van der Waals surface area contributed by atoms with E-state index in [2.05, 4.69) is 10.3 Å². The molecule has 3 aromatic rings. The molecule has 31 heavy (non-hydrogen) atoms. The summed E-state index contributed by atoms with van der Waals surface area (Å²) in [5.74, 6) is -2.95. The van der Waals surface area contributed by atoms with E-state index in [1.807, 2.05) is 12.1 Å². The van der Waals surface area contributed by atoms with E-state index in [1.165, 1.54) is 0 Å². The second kappa shape index (κ2) is 8.38. The lowest BCUT2D eigenvalue weighted by Crippen LogP contribution is -2.36. The zero-order valence-electron chi connectivity index (χ0n) is 16.7. The van der Waals surface area contributed by atoms with E-state index in [-0.39, 0.29) is 30.9 Å². The third-order valence-electron chi connectivity index (χ3n) is 5.21. The predicted octanol–water partition coefficient (Wildman–Crippen LogP) is 2.50. The van der Waals surface area contributed by atoms with Crippen LogP contribution in [-0.2, 0) is 24.3 Å². The first-order valence-corrected chi connectivity index (χ1v) is 9.59. The molecule has 0 fully saturated rings. The standard InChI is InChI=1S/C21H20F3N5O2/c1-31-16-2-3-20-13(5-16)10-28(11-15-9-26-27-29(15)20)21(30)7-14(25)4-12-6-18(23)19(24)8-17(12)22/h2-3,5-6,8-9,14H,4,7,10-11,25H2,1H3/t14-/m1/s1. The van der Waals surface area contributed by atoms with Crippen molar-refractivity contribution < 1.29 is 22.7 Å². The van der Waals surface area contributed by atoms with Gasteiger partial charge in [-0.15, -0.1) is 5.10 Å². The van der Waals surface area contributed by atoms with Gasteiger partial charge in [-0.25, -0.2) is 17.9 Å². The molecule has 0 radical (unpaired) electrons. The van der Waals surface area contributed by atoms with Crippen LogP contribution in [0.4, 0.5) is 13.2 Å². The summed E-state index contributed by atoms with van der Waals surface area (Å²) in [5, 5.41) is 8.04. The highest BCUT2D eigenvalue weighted by Gasteiger charge is 2.26. The summed E-state index contributed by atoms with van der Waals surface area (Å²) in [6.07, 6.45) is 1.38. The van der Waals surface area contributed by atoms with Crippen molar-refractivity contribution >= 4 is 5.91 Å². The number of nitrogens with zero attached hydrogens (tertiary/aromatic N) is 4. The molecule has 1 aromatic heterocycles. The molecule has 7 nitrogen and oxygen atoms in total. The highest BCUT2D eigenvalue weighted by atomic mass is 19.2. The molecule has 10 heteroatoms. The summed E-state index contributed by atoms with van der Waals surface area (Å²) < 4.78 is 47.4. The molecule has 162 valence electrons. The molecule has 2 heterocycles. The fraction of sp³-hybridized carbons (Fsp3) is 0.286. The Morgan fingerprint density at radius 1 is 1.16 bits per heavy atom. The maximum Gasteiger partial charge on any atom is 0.224 e. The molecule has 0 aliphatic carbocycles. The van der Waals surface area contributed by atoms with Gasteiger partial charge in [-0.1, -0.05) is 5.21 Å². The average molecular weight is 431 g/mol. The summed E-state index contributed by atoms with van der Waals surface area (Å²) in [6, 6.07) is 5.94. The zero-order chi connectivity index (χ0) is 22.1. The monoisotopic (exact) mass is 431 g/mol. The molecule has 0 unspecified atom stereocenters. The third kappa shape index (κ3) is 4.24. The Labute approximate surface area is 176 Å². The van der Waals surface area contributed by atoms with Crippen LogP contribution in [-0.4, -0.2) is 39.0 Å². The van der Waals surface area contributed by atoms with Gasteiger partial charge < -0.3 is 15.4 Å². The van der Waals surface area contributed by atoms with Gasteiger partial charge in [-0.3, -0.25) is 4.79 Å². The molecular weight excluding hydrogens is 411 g/mol. The van der Waals surface area contributed by atoms with Crippen LogP contribution < -0.4 is 10.5 Å². The minimum Gasteiger partial charge on any atom is -0.497 e. The second-order valence-corrected chi connectivity index (χ2v) is 7.41. The molecular formula is C21H20F3N5O2. The van der Waals surface area contributed by atoms with Crippen LogP contribution in [0.25, 0.3) is 5.69 Å². The first kappa shape index (κ1) is 20.9. The third-order valence-corrected chi connectivity index (χ3v) is 5.21. The minimum atomic E-state index is -1.27. The summed E-state index contributed by atoms with van der Waals surface area (Å²) >= 11 is 0. The number of ether oxygens (including phenoxy) is 1. The quantitative estimate of drug-likeness (QED) is 0.628.